The molecule has 0 bridgehead atoms. The lowest BCUT2D eigenvalue weighted by atomic mass is 10.1. The predicted octanol–water partition coefficient (Wildman–Crippen LogP) is 0.511. The molecule has 1 aromatic carbocycles. The second-order valence-corrected chi connectivity index (χ2v) is 5.60. The number of benzene rings is 1. The quantitative estimate of drug-likeness (QED) is 0.436. The van der Waals surface area contributed by atoms with Crippen molar-refractivity contribution in [3.63, 3.8) is 0 Å². The molecule has 1 fully saturated rings. The standard InChI is InChI=1S/C18H20N4O5/c1-26-17(24)12-3-4-14(18(25)27-2)15(9-12)21-11-13(10-19)16(23)22-7-5-20-6-8-22/h3-4,9,11,20-21H,5-8H2,1-2H3/b13-11-. The Kier molecular flexibility index (Phi) is 6.91. The molecule has 0 spiro atoms. The van der Waals surface area contributed by atoms with E-state index in [-0.39, 0.29) is 22.4 Å². The Morgan fingerprint density at radius 2 is 1.85 bits per heavy atom. The molecule has 0 saturated carbocycles. The number of nitrogens with one attached hydrogen (secondary N) is 2. The van der Waals surface area contributed by atoms with Crippen LogP contribution in [-0.2, 0) is 14.3 Å². The normalized spacial score (nSPS) is 14.1. The van der Waals surface area contributed by atoms with E-state index in [1.165, 1.54) is 38.6 Å². The minimum absolute atomic E-state index is 0.115. The number of methoxy groups -OCH3 is 2. The second kappa shape index (κ2) is 9.35. The van der Waals surface area contributed by atoms with Gasteiger partial charge in [-0.15, -0.1) is 0 Å². The molecule has 1 amide bonds. The number of hydrogen-bond donors (Lipinski definition) is 2. The lowest BCUT2D eigenvalue weighted by Gasteiger charge is -2.27. The minimum atomic E-state index is -0.630. The van der Waals surface area contributed by atoms with Gasteiger partial charge in [-0.3, -0.25) is 4.79 Å². The molecule has 0 aromatic heterocycles. The van der Waals surface area contributed by atoms with E-state index in [0.29, 0.717) is 26.2 Å². The maximum atomic E-state index is 12.4. The van der Waals surface area contributed by atoms with Crippen molar-refractivity contribution in [3.05, 3.63) is 41.1 Å². The molecule has 1 saturated heterocycles. The molecule has 1 aromatic rings. The largest absolute Gasteiger partial charge is 0.465 e. The molecule has 9 nitrogen and oxygen atoms in total. The Hall–Kier alpha value is -3.38. The van der Waals surface area contributed by atoms with Crippen LogP contribution in [0.5, 0.6) is 0 Å². The molecule has 1 aliphatic rings. The Labute approximate surface area is 156 Å². The van der Waals surface area contributed by atoms with Crippen molar-refractivity contribution in [3.8, 4) is 6.07 Å². The van der Waals surface area contributed by atoms with Crippen LogP contribution in [0.25, 0.3) is 0 Å². The monoisotopic (exact) mass is 372 g/mol. The Bertz CT molecular complexity index is 806. The Balaban J connectivity index is 2.30. The van der Waals surface area contributed by atoms with E-state index < -0.39 is 17.8 Å². The first kappa shape index (κ1) is 19.9. The van der Waals surface area contributed by atoms with Gasteiger partial charge in [0.2, 0.25) is 0 Å². The highest BCUT2D eigenvalue weighted by atomic mass is 16.5. The number of rotatable bonds is 5. The summed E-state index contributed by atoms with van der Waals surface area (Å²) in [5, 5.41) is 15.2. The molecule has 2 N–H and O–H groups in total. The second-order valence-electron chi connectivity index (χ2n) is 5.60. The van der Waals surface area contributed by atoms with Crippen LogP contribution in [0.3, 0.4) is 0 Å². The number of carbonyl (C=O) groups is 3. The van der Waals surface area contributed by atoms with Gasteiger partial charge in [0, 0.05) is 32.4 Å². The van der Waals surface area contributed by atoms with Crippen LogP contribution in [0.1, 0.15) is 20.7 Å². The van der Waals surface area contributed by atoms with Crippen LogP contribution in [0.4, 0.5) is 5.69 Å². The van der Waals surface area contributed by atoms with Gasteiger partial charge in [0.15, 0.2) is 0 Å². The third-order valence-electron chi connectivity index (χ3n) is 3.97. The molecule has 0 atom stereocenters. The van der Waals surface area contributed by atoms with Gasteiger partial charge >= 0.3 is 11.9 Å². The van der Waals surface area contributed by atoms with E-state index in [1.807, 2.05) is 6.07 Å². The summed E-state index contributed by atoms with van der Waals surface area (Å²) in [6.07, 6.45) is 1.22. The van der Waals surface area contributed by atoms with Crippen LogP contribution < -0.4 is 10.6 Å². The summed E-state index contributed by atoms with van der Waals surface area (Å²) >= 11 is 0. The number of piperazine rings is 1. The number of carbonyl (C=O) groups excluding carboxylic acids is 3. The SMILES string of the molecule is COC(=O)c1ccc(C(=O)OC)c(N/C=C(/C#N)C(=O)N2CCNCC2)c1. The number of ether oxygens (including phenoxy) is 2. The zero-order valence-electron chi connectivity index (χ0n) is 15.1. The summed E-state index contributed by atoms with van der Waals surface area (Å²) in [6.45, 7) is 2.32. The zero-order valence-corrected chi connectivity index (χ0v) is 15.1. The van der Waals surface area contributed by atoms with Crippen molar-refractivity contribution < 1.29 is 23.9 Å². The highest BCUT2D eigenvalue weighted by molar-refractivity contribution is 6.00. The van der Waals surface area contributed by atoms with Gasteiger partial charge in [0.25, 0.3) is 5.91 Å². The molecular formula is C18H20N4O5. The molecule has 142 valence electrons. The van der Waals surface area contributed by atoms with Gasteiger partial charge in [-0.1, -0.05) is 0 Å². The smallest absolute Gasteiger partial charge is 0.339 e. The first-order valence-corrected chi connectivity index (χ1v) is 8.19. The van der Waals surface area contributed by atoms with Crippen LogP contribution in [0.2, 0.25) is 0 Å². The molecule has 0 radical (unpaired) electrons. The molecule has 2 rings (SSSR count). The maximum Gasteiger partial charge on any atom is 0.339 e. The highest BCUT2D eigenvalue weighted by Crippen LogP contribution is 2.20. The van der Waals surface area contributed by atoms with Gasteiger partial charge in [0.1, 0.15) is 11.6 Å². The average Bonchev–Trinajstić information content (AvgIpc) is 2.73. The first-order valence-electron chi connectivity index (χ1n) is 8.19. The van der Waals surface area contributed by atoms with Crippen molar-refractivity contribution >= 4 is 23.5 Å². The van der Waals surface area contributed by atoms with Crippen LogP contribution in [0, 0.1) is 11.3 Å². The summed E-state index contributed by atoms with van der Waals surface area (Å²) in [5.41, 5.74) is 0.447. The molecule has 9 heteroatoms. The van der Waals surface area contributed by atoms with Gasteiger partial charge < -0.3 is 25.0 Å². The van der Waals surface area contributed by atoms with Crippen molar-refractivity contribution in [2.45, 2.75) is 0 Å². The summed E-state index contributed by atoms with van der Waals surface area (Å²) < 4.78 is 9.38. The van der Waals surface area contributed by atoms with E-state index in [9.17, 15) is 19.6 Å². The fourth-order valence-corrected chi connectivity index (χ4v) is 2.53. The topological polar surface area (TPSA) is 121 Å². The summed E-state index contributed by atoms with van der Waals surface area (Å²) in [6, 6.07) is 6.07. The Morgan fingerprint density at radius 1 is 1.19 bits per heavy atom. The summed E-state index contributed by atoms with van der Waals surface area (Å²) in [7, 11) is 2.47. The first-order chi connectivity index (χ1) is 13.0. The maximum absolute atomic E-state index is 12.4. The fourth-order valence-electron chi connectivity index (χ4n) is 2.53. The third kappa shape index (κ3) is 4.83. The van der Waals surface area contributed by atoms with Gasteiger partial charge in [-0.2, -0.15) is 5.26 Å². The zero-order chi connectivity index (χ0) is 19.8. The number of esters is 2. The predicted molar refractivity (Wildman–Crippen MR) is 95.9 cm³/mol. The summed E-state index contributed by atoms with van der Waals surface area (Å²) in [5.74, 6) is -1.62. The van der Waals surface area contributed by atoms with Crippen molar-refractivity contribution in [2.24, 2.45) is 0 Å². The molecule has 0 unspecified atom stereocenters. The number of anilines is 1. The number of amides is 1. The van der Waals surface area contributed by atoms with E-state index in [2.05, 4.69) is 15.4 Å². The van der Waals surface area contributed by atoms with Crippen molar-refractivity contribution in [1.29, 1.82) is 5.26 Å². The average molecular weight is 372 g/mol. The van der Waals surface area contributed by atoms with Crippen LogP contribution in [-0.4, -0.2) is 63.1 Å². The number of nitriles is 1. The van der Waals surface area contributed by atoms with E-state index in [4.69, 9.17) is 4.74 Å². The van der Waals surface area contributed by atoms with Crippen molar-refractivity contribution in [1.82, 2.24) is 10.2 Å². The number of nitrogens with zero attached hydrogens (tertiary/aromatic N) is 2. The number of hydrogen-bond acceptors (Lipinski definition) is 8. The molecule has 1 aliphatic heterocycles. The minimum Gasteiger partial charge on any atom is -0.465 e. The Morgan fingerprint density at radius 3 is 2.44 bits per heavy atom. The highest BCUT2D eigenvalue weighted by Gasteiger charge is 2.21. The summed E-state index contributed by atoms with van der Waals surface area (Å²) in [4.78, 5) is 37.7. The molecule has 27 heavy (non-hydrogen) atoms. The van der Waals surface area contributed by atoms with Crippen LogP contribution in [0.15, 0.2) is 30.0 Å². The van der Waals surface area contributed by atoms with E-state index in [1.54, 1.807) is 4.90 Å². The molecule has 1 heterocycles. The van der Waals surface area contributed by atoms with Crippen molar-refractivity contribution in [2.75, 3.05) is 45.7 Å². The lowest BCUT2D eigenvalue weighted by molar-refractivity contribution is -0.127. The molecule has 0 aliphatic carbocycles. The van der Waals surface area contributed by atoms with Gasteiger partial charge in [-0.25, -0.2) is 9.59 Å². The van der Waals surface area contributed by atoms with Gasteiger partial charge in [0.05, 0.1) is 31.0 Å². The van der Waals surface area contributed by atoms with E-state index >= 15 is 0 Å². The fraction of sp³-hybridized carbons (Fsp3) is 0.333. The lowest BCUT2D eigenvalue weighted by Crippen LogP contribution is -2.46. The van der Waals surface area contributed by atoms with Gasteiger partial charge in [-0.05, 0) is 18.2 Å². The third-order valence-corrected chi connectivity index (χ3v) is 3.97. The van der Waals surface area contributed by atoms with E-state index in [0.717, 1.165) is 0 Å². The molecular weight excluding hydrogens is 352 g/mol. The van der Waals surface area contributed by atoms with Crippen LogP contribution >= 0.6 is 0 Å².